The number of hydrogen-bond donors (Lipinski definition) is 1. The molecule has 0 amide bonds. The van der Waals surface area contributed by atoms with Crippen molar-refractivity contribution in [1.82, 2.24) is 4.98 Å². The average molecular weight is 274 g/mol. The lowest BCUT2D eigenvalue weighted by atomic mass is 10.2. The van der Waals surface area contributed by atoms with Crippen LogP contribution in [0.25, 0.3) is 0 Å². The largest absolute Gasteiger partial charge is 0.471 e. The standard InChI is InChI=1S/C9H8F6N2O/c10-8(11,12)7(9(13,14)15)18-6-1-2-17-4-5(6)3-16/h1-2,4,7H,3,16H2. The molecule has 0 radical (unpaired) electrons. The number of ether oxygens (including phenoxy) is 1. The van der Waals surface area contributed by atoms with Crippen LogP contribution in [0.15, 0.2) is 18.5 Å². The number of rotatable bonds is 3. The third kappa shape index (κ3) is 3.49. The van der Waals surface area contributed by atoms with Crippen LogP contribution in [-0.4, -0.2) is 23.4 Å². The maximum absolute atomic E-state index is 12.2. The van der Waals surface area contributed by atoms with Crippen LogP contribution in [0.1, 0.15) is 5.56 Å². The SMILES string of the molecule is NCc1cnccc1OC(C(F)(F)F)C(F)(F)F. The highest BCUT2D eigenvalue weighted by Gasteiger charge is 2.59. The molecule has 0 saturated heterocycles. The molecular weight excluding hydrogens is 266 g/mol. The maximum Gasteiger partial charge on any atom is 0.434 e. The van der Waals surface area contributed by atoms with Crippen molar-refractivity contribution < 1.29 is 31.1 Å². The molecule has 0 unspecified atom stereocenters. The molecule has 3 nitrogen and oxygen atoms in total. The number of nitrogens with zero attached hydrogens (tertiary/aromatic N) is 1. The van der Waals surface area contributed by atoms with Gasteiger partial charge in [0.1, 0.15) is 5.75 Å². The molecule has 0 bridgehead atoms. The molecule has 1 rings (SSSR count). The molecule has 18 heavy (non-hydrogen) atoms. The number of alkyl halides is 6. The van der Waals surface area contributed by atoms with E-state index in [-0.39, 0.29) is 12.1 Å². The zero-order valence-corrected chi connectivity index (χ0v) is 8.72. The molecule has 0 aliphatic carbocycles. The molecule has 102 valence electrons. The van der Waals surface area contributed by atoms with Crippen LogP contribution < -0.4 is 10.5 Å². The van der Waals surface area contributed by atoms with E-state index in [4.69, 9.17) is 5.73 Å². The van der Waals surface area contributed by atoms with Crippen LogP contribution >= 0.6 is 0 Å². The molecule has 0 aliphatic rings. The Morgan fingerprint density at radius 3 is 2.17 bits per heavy atom. The molecule has 2 N–H and O–H groups in total. The van der Waals surface area contributed by atoms with Gasteiger partial charge < -0.3 is 10.5 Å². The Labute approximate surface area is 97.6 Å². The van der Waals surface area contributed by atoms with Crippen LogP contribution in [0.2, 0.25) is 0 Å². The van der Waals surface area contributed by atoms with E-state index in [0.717, 1.165) is 18.5 Å². The summed E-state index contributed by atoms with van der Waals surface area (Å²) < 4.78 is 77.5. The molecule has 0 aromatic carbocycles. The van der Waals surface area contributed by atoms with Crippen molar-refractivity contribution in [3.8, 4) is 5.75 Å². The first-order valence-corrected chi connectivity index (χ1v) is 4.59. The Morgan fingerprint density at radius 2 is 1.72 bits per heavy atom. The quantitative estimate of drug-likeness (QED) is 0.861. The van der Waals surface area contributed by atoms with Crippen molar-refractivity contribution in [2.45, 2.75) is 25.0 Å². The normalized spacial score (nSPS) is 12.9. The minimum atomic E-state index is -5.56. The van der Waals surface area contributed by atoms with E-state index < -0.39 is 24.2 Å². The minimum Gasteiger partial charge on any atom is -0.471 e. The van der Waals surface area contributed by atoms with Gasteiger partial charge in [0.25, 0.3) is 6.10 Å². The number of nitrogens with two attached hydrogens (primary N) is 1. The second-order valence-corrected chi connectivity index (χ2v) is 3.27. The molecule has 9 heteroatoms. The molecule has 1 aromatic rings. The summed E-state index contributed by atoms with van der Waals surface area (Å²) >= 11 is 0. The van der Waals surface area contributed by atoms with E-state index in [2.05, 4.69) is 9.72 Å². The second kappa shape index (κ2) is 5.01. The molecular formula is C9H8F6N2O. The zero-order chi connectivity index (χ0) is 14.0. The third-order valence-electron chi connectivity index (χ3n) is 1.92. The monoisotopic (exact) mass is 274 g/mol. The van der Waals surface area contributed by atoms with E-state index >= 15 is 0 Å². The van der Waals surface area contributed by atoms with Gasteiger partial charge in [-0.2, -0.15) is 26.3 Å². The minimum absolute atomic E-state index is 0.0454. The van der Waals surface area contributed by atoms with Gasteiger partial charge in [0.2, 0.25) is 0 Å². The van der Waals surface area contributed by atoms with E-state index in [9.17, 15) is 26.3 Å². The van der Waals surface area contributed by atoms with Gasteiger partial charge in [-0.1, -0.05) is 0 Å². The van der Waals surface area contributed by atoms with Gasteiger partial charge in [0.15, 0.2) is 0 Å². The van der Waals surface area contributed by atoms with E-state index in [1.807, 2.05) is 0 Å². The van der Waals surface area contributed by atoms with Crippen molar-refractivity contribution in [3.05, 3.63) is 24.0 Å². The van der Waals surface area contributed by atoms with Gasteiger partial charge in [-0.15, -0.1) is 0 Å². The van der Waals surface area contributed by atoms with Gasteiger partial charge in [0, 0.05) is 24.5 Å². The molecule has 0 spiro atoms. The summed E-state index contributed by atoms with van der Waals surface area (Å²) in [5.41, 5.74) is 5.12. The first kappa shape index (κ1) is 14.6. The van der Waals surface area contributed by atoms with Crippen molar-refractivity contribution in [2.24, 2.45) is 5.73 Å². The van der Waals surface area contributed by atoms with Crippen molar-refractivity contribution >= 4 is 0 Å². The lowest BCUT2D eigenvalue weighted by Crippen LogP contribution is -2.46. The van der Waals surface area contributed by atoms with Crippen LogP contribution in [0.3, 0.4) is 0 Å². The first-order chi connectivity index (χ1) is 8.16. The number of halogens is 6. The van der Waals surface area contributed by atoms with E-state index in [0.29, 0.717) is 0 Å². The molecule has 0 fully saturated rings. The third-order valence-corrected chi connectivity index (χ3v) is 1.92. The van der Waals surface area contributed by atoms with Crippen molar-refractivity contribution in [3.63, 3.8) is 0 Å². The van der Waals surface area contributed by atoms with Crippen LogP contribution in [-0.2, 0) is 6.54 Å². The Balaban J connectivity index is 3.05. The van der Waals surface area contributed by atoms with Gasteiger partial charge >= 0.3 is 12.4 Å². The first-order valence-electron chi connectivity index (χ1n) is 4.59. The Hall–Kier alpha value is -1.51. The van der Waals surface area contributed by atoms with Gasteiger partial charge in [-0.05, 0) is 6.07 Å². The molecule has 1 heterocycles. The fourth-order valence-corrected chi connectivity index (χ4v) is 1.13. The van der Waals surface area contributed by atoms with Crippen molar-refractivity contribution in [1.29, 1.82) is 0 Å². The predicted molar refractivity (Wildman–Crippen MR) is 48.7 cm³/mol. The van der Waals surface area contributed by atoms with Crippen LogP contribution in [0.4, 0.5) is 26.3 Å². The van der Waals surface area contributed by atoms with Gasteiger partial charge in [0.05, 0.1) is 0 Å². The second-order valence-electron chi connectivity index (χ2n) is 3.27. The van der Waals surface area contributed by atoms with Crippen LogP contribution in [0, 0.1) is 0 Å². The van der Waals surface area contributed by atoms with Crippen molar-refractivity contribution in [2.75, 3.05) is 0 Å². The summed E-state index contributed by atoms with van der Waals surface area (Å²) in [6.45, 7) is -0.286. The average Bonchev–Trinajstić information content (AvgIpc) is 2.23. The highest BCUT2D eigenvalue weighted by molar-refractivity contribution is 5.30. The number of pyridine rings is 1. The molecule has 1 aromatic heterocycles. The Morgan fingerprint density at radius 1 is 1.17 bits per heavy atom. The highest BCUT2D eigenvalue weighted by Crippen LogP contribution is 2.37. The maximum atomic E-state index is 12.2. The summed E-state index contributed by atoms with van der Waals surface area (Å²) in [7, 11) is 0. The molecule has 0 atom stereocenters. The smallest absolute Gasteiger partial charge is 0.434 e. The molecule has 0 aliphatic heterocycles. The summed E-state index contributed by atoms with van der Waals surface area (Å²) in [6.07, 6.45) is -13.0. The van der Waals surface area contributed by atoms with E-state index in [1.54, 1.807) is 0 Å². The topological polar surface area (TPSA) is 48.1 Å². The Kier molecular flexibility index (Phi) is 4.05. The lowest BCUT2D eigenvalue weighted by molar-refractivity contribution is -0.300. The summed E-state index contributed by atoms with van der Waals surface area (Å²) in [5, 5.41) is 0. The number of aromatic nitrogens is 1. The highest BCUT2D eigenvalue weighted by atomic mass is 19.4. The fraction of sp³-hybridized carbons (Fsp3) is 0.444. The van der Waals surface area contributed by atoms with Crippen LogP contribution in [0.5, 0.6) is 5.75 Å². The van der Waals surface area contributed by atoms with Gasteiger partial charge in [-0.3, -0.25) is 4.98 Å². The summed E-state index contributed by atoms with van der Waals surface area (Å²) in [4.78, 5) is 3.53. The summed E-state index contributed by atoms with van der Waals surface area (Å²) in [5.74, 6) is -0.591. The number of hydrogen-bond acceptors (Lipinski definition) is 3. The predicted octanol–water partition coefficient (Wildman–Crippen LogP) is 2.41. The summed E-state index contributed by atoms with van der Waals surface area (Å²) in [6, 6.07) is 0.896. The molecule has 0 saturated carbocycles. The van der Waals surface area contributed by atoms with Gasteiger partial charge in [-0.25, -0.2) is 0 Å². The van der Waals surface area contributed by atoms with E-state index in [1.165, 1.54) is 0 Å². The fourth-order valence-electron chi connectivity index (χ4n) is 1.13. The lowest BCUT2D eigenvalue weighted by Gasteiger charge is -2.24. The zero-order valence-electron chi connectivity index (χ0n) is 8.72. The Bertz CT molecular complexity index is 389.